The molecule has 0 spiro atoms. The number of anilines is 1. The van der Waals surface area contributed by atoms with Gasteiger partial charge in [0, 0.05) is 19.2 Å². The topological polar surface area (TPSA) is 142 Å². The van der Waals surface area contributed by atoms with E-state index in [1.54, 1.807) is 25.3 Å². The van der Waals surface area contributed by atoms with Gasteiger partial charge in [-0.25, -0.2) is 30.7 Å². The number of fused-ring (bicyclic) bond motifs is 1. The Morgan fingerprint density at radius 2 is 1.71 bits per heavy atom. The number of hydrogen-bond donors (Lipinski definition) is 2. The lowest BCUT2D eigenvalue weighted by atomic mass is 10.1. The fourth-order valence-electron chi connectivity index (χ4n) is 3.91. The minimum Gasteiger partial charge on any atom is -0.497 e. The zero-order chi connectivity index (χ0) is 27.7. The monoisotopic (exact) mass is 558 g/mol. The van der Waals surface area contributed by atoms with Gasteiger partial charge in [-0.05, 0) is 60.6 Å². The molecule has 200 valence electrons. The highest BCUT2D eigenvalue weighted by molar-refractivity contribution is 7.90. The summed E-state index contributed by atoms with van der Waals surface area (Å²) in [5.41, 5.74) is 1.46. The molecule has 1 aliphatic heterocycles. The Balaban J connectivity index is 1.59. The molecule has 0 bridgehead atoms. The zero-order valence-electron chi connectivity index (χ0n) is 20.8. The van der Waals surface area contributed by atoms with Gasteiger partial charge < -0.3 is 10.1 Å². The molecule has 1 aliphatic rings. The maximum absolute atomic E-state index is 13.5. The highest BCUT2D eigenvalue weighted by atomic mass is 32.2. The summed E-state index contributed by atoms with van der Waals surface area (Å²) in [6.45, 7) is -0.124. The van der Waals surface area contributed by atoms with Crippen molar-refractivity contribution in [3.8, 4) is 5.75 Å². The van der Waals surface area contributed by atoms with Gasteiger partial charge in [0.05, 0.1) is 24.2 Å². The number of benzene rings is 3. The molecule has 3 amide bonds. The van der Waals surface area contributed by atoms with Crippen LogP contribution in [0.3, 0.4) is 0 Å². The van der Waals surface area contributed by atoms with Crippen LogP contribution in [-0.2, 0) is 33.1 Å². The maximum Gasteiger partial charge on any atom is 0.338 e. The first-order valence-corrected chi connectivity index (χ1v) is 14.3. The molecule has 1 heterocycles. The van der Waals surface area contributed by atoms with Crippen molar-refractivity contribution in [1.29, 1.82) is 0 Å². The Morgan fingerprint density at radius 3 is 2.37 bits per heavy atom. The first-order chi connectivity index (χ1) is 18.0. The Bertz CT molecular complexity index is 1600. The minimum absolute atomic E-state index is 0.00337. The number of amides is 3. The molecule has 0 saturated carbocycles. The van der Waals surface area contributed by atoms with Crippen LogP contribution < -0.4 is 19.7 Å². The van der Waals surface area contributed by atoms with Crippen LogP contribution in [-0.4, -0.2) is 54.3 Å². The molecule has 38 heavy (non-hydrogen) atoms. The summed E-state index contributed by atoms with van der Waals surface area (Å²) in [4.78, 5) is 26.8. The SMILES string of the molecule is CNS(=O)(=O)c1ccc(CN2C(=O)N(C)c3ccc(C(=O)NCc4cccc(OC)c4)cc3S2(=O)=O)cc1. The van der Waals surface area contributed by atoms with Crippen LogP contribution in [0, 0.1) is 0 Å². The number of nitrogens with zero attached hydrogens (tertiary/aromatic N) is 2. The van der Waals surface area contributed by atoms with Crippen molar-refractivity contribution in [3.63, 3.8) is 0 Å². The molecule has 0 aliphatic carbocycles. The van der Waals surface area contributed by atoms with Crippen LogP contribution in [0.25, 0.3) is 0 Å². The summed E-state index contributed by atoms with van der Waals surface area (Å²) < 4.78 is 59.0. The number of carbonyl (C=O) groups is 2. The number of sulfonamides is 2. The van der Waals surface area contributed by atoms with Gasteiger partial charge in [-0.3, -0.25) is 9.69 Å². The van der Waals surface area contributed by atoms with Crippen molar-refractivity contribution in [2.75, 3.05) is 26.1 Å². The molecule has 3 aromatic rings. The Hall–Kier alpha value is -3.94. The standard InChI is InChI=1S/C25H26N4O7S2/c1-26-37(32,33)21-10-7-17(8-11-21)16-29-25(31)28(2)22-12-9-19(14-23(22)38(29,34)35)24(30)27-15-18-5-4-6-20(13-18)36-3/h4-14,26H,15-16H2,1-3H3,(H,27,30). The predicted molar refractivity (Wildman–Crippen MR) is 140 cm³/mol. The number of ether oxygens (including phenoxy) is 1. The van der Waals surface area contributed by atoms with E-state index in [4.69, 9.17) is 4.74 Å². The van der Waals surface area contributed by atoms with Gasteiger partial charge in [-0.15, -0.1) is 0 Å². The zero-order valence-corrected chi connectivity index (χ0v) is 22.5. The van der Waals surface area contributed by atoms with E-state index in [-0.39, 0.29) is 34.1 Å². The quantitative estimate of drug-likeness (QED) is 0.432. The second kappa shape index (κ2) is 10.4. The van der Waals surface area contributed by atoms with Crippen LogP contribution >= 0.6 is 0 Å². The predicted octanol–water partition coefficient (Wildman–Crippen LogP) is 2.29. The van der Waals surface area contributed by atoms with Gasteiger partial charge in [0.15, 0.2) is 0 Å². The summed E-state index contributed by atoms with van der Waals surface area (Å²) in [6.07, 6.45) is 0. The van der Waals surface area contributed by atoms with E-state index < -0.39 is 32.0 Å². The van der Waals surface area contributed by atoms with Crippen LogP contribution in [0.4, 0.5) is 10.5 Å². The van der Waals surface area contributed by atoms with Gasteiger partial charge >= 0.3 is 6.03 Å². The average Bonchev–Trinajstić information content (AvgIpc) is 2.93. The molecule has 2 N–H and O–H groups in total. The molecule has 0 saturated heterocycles. The lowest BCUT2D eigenvalue weighted by Crippen LogP contribution is -2.48. The largest absolute Gasteiger partial charge is 0.497 e. The van der Waals surface area contributed by atoms with E-state index in [1.807, 2.05) is 6.07 Å². The van der Waals surface area contributed by atoms with Crippen molar-refractivity contribution in [2.45, 2.75) is 22.9 Å². The number of methoxy groups -OCH3 is 1. The van der Waals surface area contributed by atoms with E-state index in [0.29, 0.717) is 15.6 Å². The van der Waals surface area contributed by atoms with Gasteiger partial charge in [0.1, 0.15) is 10.6 Å². The molecule has 3 aromatic carbocycles. The molecule has 4 rings (SSSR count). The first-order valence-electron chi connectivity index (χ1n) is 11.4. The first kappa shape index (κ1) is 27.1. The van der Waals surface area contributed by atoms with Crippen LogP contribution in [0.15, 0.2) is 76.5 Å². The third-order valence-electron chi connectivity index (χ3n) is 6.07. The molecular weight excluding hydrogens is 532 g/mol. The minimum atomic E-state index is -4.32. The van der Waals surface area contributed by atoms with E-state index in [0.717, 1.165) is 5.56 Å². The lowest BCUT2D eigenvalue weighted by molar-refractivity contribution is 0.0950. The fourth-order valence-corrected chi connectivity index (χ4v) is 6.27. The molecule has 0 aromatic heterocycles. The van der Waals surface area contributed by atoms with Crippen molar-refractivity contribution in [1.82, 2.24) is 14.3 Å². The Morgan fingerprint density at radius 1 is 1.00 bits per heavy atom. The van der Waals surface area contributed by atoms with E-state index in [2.05, 4.69) is 10.0 Å². The number of nitrogens with one attached hydrogen (secondary N) is 2. The van der Waals surface area contributed by atoms with Crippen molar-refractivity contribution in [2.24, 2.45) is 0 Å². The van der Waals surface area contributed by atoms with Crippen molar-refractivity contribution < 1.29 is 31.2 Å². The van der Waals surface area contributed by atoms with E-state index in [1.165, 1.54) is 61.5 Å². The number of rotatable bonds is 8. The summed E-state index contributed by atoms with van der Waals surface area (Å²) >= 11 is 0. The lowest BCUT2D eigenvalue weighted by Gasteiger charge is -2.34. The second-order valence-electron chi connectivity index (χ2n) is 8.42. The smallest absolute Gasteiger partial charge is 0.338 e. The summed E-state index contributed by atoms with van der Waals surface area (Å²) in [5, 5.41) is 2.76. The Kier molecular flexibility index (Phi) is 7.44. The fraction of sp³-hybridized carbons (Fsp3) is 0.200. The van der Waals surface area contributed by atoms with Gasteiger partial charge in [0.25, 0.3) is 15.9 Å². The summed E-state index contributed by atoms with van der Waals surface area (Å²) in [7, 11) is -3.73. The van der Waals surface area contributed by atoms with Crippen LogP contribution in [0.1, 0.15) is 21.5 Å². The number of hydrogen-bond acceptors (Lipinski definition) is 7. The normalized spacial score (nSPS) is 14.7. The third-order valence-corrected chi connectivity index (χ3v) is 9.25. The third kappa shape index (κ3) is 5.21. The summed E-state index contributed by atoms with van der Waals surface area (Å²) in [6, 6.07) is 16.0. The van der Waals surface area contributed by atoms with Crippen LogP contribution in [0.2, 0.25) is 0 Å². The van der Waals surface area contributed by atoms with Gasteiger partial charge in [-0.1, -0.05) is 24.3 Å². The van der Waals surface area contributed by atoms with Crippen molar-refractivity contribution >= 4 is 37.7 Å². The average molecular weight is 559 g/mol. The molecule has 0 atom stereocenters. The molecular formula is C25H26N4O7S2. The van der Waals surface area contributed by atoms with Crippen molar-refractivity contribution in [3.05, 3.63) is 83.4 Å². The molecule has 0 radical (unpaired) electrons. The van der Waals surface area contributed by atoms with Gasteiger partial charge in [-0.2, -0.15) is 0 Å². The number of urea groups is 1. The molecule has 13 heteroatoms. The Labute approximate surface area is 221 Å². The summed E-state index contributed by atoms with van der Waals surface area (Å²) in [5.74, 6) is 0.154. The maximum atomic E-state index is 13.5. The second-order valence-corrected chi connectivity index (χ2v) is 12.1. The van der Waals surface area contributed by atoms with E-state index >= 15 is 0 Å². The molecule has 0 unspecified atom stereocenters. The molecule has 11 nitrogen and oxygen atoms in total. The highest BCUT2D eigenvalue weighted by Gasteiger charge is 2.40. The van der Waals surface area contributed by atoms with Gasteiger partial charge in [0.2, 0.25) is 10.0 Å². The highest BCUT2D eigenvalue weighted by Crippen LogP contribution is 2.35. The van der Waals surface area contributed by atoms with E-state index in [9.17, 15) is 26.4 Å². The number of carbonyl (C=O) groups excluding carboxylic acids is 2. The van der Waals surface area contributed by atoms with Crippen LogP contribution in [0.5, 0.6) is 5.75 Å². The molecule has 0 fully saturated rings.